The summed E-state index contributed by atoms with van der Waals surface area (Å²) in [4.78, 5) is 39.7. The van der Waals surface area contributed by atoms with Gasteiger partial charge in [-0.15, -0.1) is 0 Å². The van der Waals surface area contributed by atoms with Crippen molar-refractivity contribution < 1.29 is 19.1 Å². The molecule has 2 amide bonds. The van der Waals surface area contributed by atoms with Gasteiger partial charge in [0.1, 0.15) is 0 Å². The number of carbonyl (C=O) groups excluding carboxylic acids is 3. The predicted molar refractivity (Wildman–Crippen MR) is 101 cm³/mol. The fourth-order valence-electron chi connectivity index (χ4n) is 4.74. The lowest BCUT2D eigenvalue weighted by Gasteiger charge is -2.20. The van der Waals surface area contributed by atoms with Crippen molar-refractivity contribution in [1.82, 2.24) is 0 Å². The molecule has 2 fully saturated rings. The van der Waals surface area contributed by atoms with Gasteiger partial charge < -0.3 is 4.74 Å². The highest BCUT2D eigenvalue weighted by Gasteiger charge is 2.61. The van der Waals surface area contributed by atoms with Crippen LogP contribution in [0.4, 0.5) is 5.69 Å². The van der Waals surface area contributed by atoms with Crippen LogP contribution in [0.1, 0.15) is 38.1 Å². The second kappa shape index (κ2) is 6.19. The van der Waals surface area contributed by atoms with Gasteiger partial charge in [-0.3, -0.25) is 9.59 Å². The molecule has 0 unspecified atom stereocenters. The van der Waals surface area contributed by atoms with Gasteiger partial charge in [-0.25, -0.2) is 9.69 Å². The molecule has 0 radical (unpaired) electrons. The molecule has 140 valence electrons. The van der Waals surface area contributed by atoms with E-state index in [1.165, 1.54) is 16.0 Å². The number of rotatable bonds is 3. The number of carbonyl (C=O) groups is 3. The Morgan fingerprint density at radius 2 is 1.63 bits per heavy atom. The number of ether oxygens (including phenoxy) is 1. The van der Waals surface area contributed by atoms with Crippen LogP contribution in [-0.4, -0.2) is 23.9 Å². The summed E-state index contributed by atoms with van der Waals surface area (Å²) in [6, 6.07) is 6.57. The maximum Gasteiger partial charge on any atom is 0.338 e. The molecule has 4 atom stereocenters. The smallest absolute Gasteiger partial charge is 0.338 e. The Hall–Kier alpha value is -2.69. The molecule has 1 saturated carbocycles. The van der Waals surface area contributed by atoms with Crippen molar-refractivity contribution in [2.45, 2.75) is 33.8 Å². The molecule has 1 aliphatic heterocycles. The summed E-state index contributed by atoms with van der Waals surface area (Å²) in [6.45, 7) is 7.64. The van der Waals surface area contributed by atoms with Crippen molar-refractivity contribution in [1.29, 1.82) is 0 Å². The Balaban J connectivity index is 1.67. The van der Waals surface area contributed by atoms with E-state index in [0.29, 0.717) is 11.3 Å². The standard InChI is InChI=1S/C22H23NO4/c1-11(2)17-15-8-9-16(17)19-18(15)20(24)23(21(19)25)14-7-5-6-13(10-14)22(26)27-12(3)4/h5-10,12,15-16,18-19H,1-4H3/t15-,16-,18-,19-/m1/s1. The Labute approximate surface area is 158 Å². The molecule has 2 aliphatic carbocycles. The zero-order valence-electron chi connectivity index (χ0n) is 15.9. The van der Waals surface area contributed by atoms with E-state index in [0.717, 1.165) is 0 Å². The average molecular weight is 365 g/mol. The third kappa shape index (κ3) is 2.56. The van der Waals surface area contributed by atoms with Crippen molar-refractivity contribution in [3.8, 4) is 0 Å². The first-order valence-electron chi connectivity index (χ1n) is 9.35. The number of hydrogen-bond acceptors (Lipinski definition) is 4. The van der Waals surface area contributed by atoms with Crippen molar-refractivity contribution in [3.05, 3.63) is 53.1 Å². The number of hydrogen-bond donors (Lipinski definition) is 0. The number of allylic oxidation sites excluding steroid dienone is 4. The second-order valence-electron chi connectivity index (χ2n) is 7.96. The monoisotopic (exact) mass is 365 g/mol. The molecule has 27 heavy (non-hydrogen) atoms. The Morgan fingerprint density at radius 1 is 1.04 bits per heavy atom. The largest absolute Gasteiger partial charge is 0.459 e. The molecule has 2 bridgehead atoms. The van der Waals surface area contributed by atoms with Crippen LogP contribution in [0.25, 0.3) is 0 Å². The fourth-order valence-corrected chi connectivity index (χ4v) is 4.74. The molecule has 0 aromatic heterocycles. The first-order chi connectivity index (χ1) is 12.8. The normalized spacial score (nSPS) is 28.3. The van der Waals surface area contributed by atoms with Gasteiger partial charge in [-0.2, -0.15) is 0 Å². The van der Waals surface area contributed by atoms with E-state index in [-0.39, 0.29) is 41.6 Å². The van der Waals surface area contributed by atoms with Crippen molar-refractivity contribution >= 4 is 23.5 Å². The lowest BCUT2D eigenvalue weighted by atomic mass is 9.85. The van der Waals surface area contributed by atoms with E-state index in [1.54, 1.807) is 38.1 Å². The third-order valence-corrected chi connectivity index (χ3v) is 5.68. The molecule has 0 N–H and O–H groups in total. The Kier molecular flexibility index (Phi) is 4.06. The number of imide groups is 1. The zero-order chi connectivity index (χ0) is 19.5. The molecule has 3 aliphatic rings. The highest BCUT2D eigenvalue weighted by atomic mass is 16.5. The van der Waals surface area contributed by atoms with Crippen LogP contribution in [0.15, 0.2) is 47.6 Å². The van der Waals surface area contributed by atoms with Crippen LogP contribution in [0.2, 0.25) is 0 Å². The highest BCUT2D eigenvalue weighted by molar-refractivity contribution is 6.23. The molecule has 1 saturated heterocycles. The van der Waals surface area contributed by atoms with E-state index < -0.39 is 5.97 Å². The van der Waals surface area contributed by atoms with Crippen LogP contribution in [-0.2, 0) is 14.3 Å². The maximum atomic E-state index is 13.1. The van der Waals surface area contributed by atoms with Crippen molar-refractivity contribution in [3.63, 3.8) is 0 Å². The summed E-state index contributed by atoms with van der Waals surface area (Å²) >= 11 is 0. The summed E-state index contributed by atoms with van der Waals surface area (Å²) in [6.07, 6.45) is 3.90. The molecule has 0 spiro atoms. The van der Waals surface area contributed by atoms with E-state index in [9.17, 15) is 14.4 Å². The quantitative estimate of drug-likeness (QED) is 0.467. The van der Waals surface area contributed by atoms with Crippen LogP contribution in [0.5, 0.6) is 0 Å². The summed E-state index contributed by atoms with van der Waals surface area (Å²) in [5.41, 5.74) is 3.19. The number of esters is 1. The average Bonchev–Trinajstić information content (AvgIpc) is 3.24. The number of amides is 2. The first-order valence-corrected chi connectivity index (χ1v) is 9.35. The van der Waals surface area contributed by atoms with Crippen molar-refractivity contribution in [2.75, 3.05) is 4.90 Å². The number of anilines is 1. The minimum Gasteiger partial charge on any atom is -0.459 e. The van der Waals surface area contributed by atoms with Gasteiger partial charge in [0.15, 0.2) is 0 Å². The zero-order valence-corrected chi connectivity index (χ0v) is 15.9. The van der Waals surface area contributed by atoms with Gasteiger partial charge in [0, 0.05) is 11.8 Å². The lowest BCUT2D eigenvalue weighted by molar-refractivity contribution is -0.122. The minimum atomic E-state index is -0.459. The Bertz CT molecular complexity index is 873. The van der Waals surface area contributed by atoms with E-state index in [4.69, 9.17) is 4.74 Å². The third-order valence-electron chi connectivity index (χ3n) is 5.68. The summed E-state index contributed by atoms with van der Waals surface area (Å²) < 4.78 is 5.22. The fraction of sp³-hybridized carbons (Fsp3) is 0.409. The first kappa shape index (κ1) is 17.7. The molecule has 1 aromatic rings. The predicted octanol–water partition coefficient (Wildman–Crippen LogP) is 3.51. The van der Waals surface area contributed by atoms with Crippen LogP contribution in [0.3, 0.4) is 0 Å². The molecule has 5 nitrogen and oxygen atoms in total. The second-order valence-corrected chi connectivity index (χ2v) is 7.96. The van der Waals surface area contributed by atoms with E-state index in [2.05, 4.69) is 12.2 Å². The number of benzene rings is 1. The molecule has 5 heteroatoms. The molecule has 4 rings (SSSR count). The van der Waals surface area contributed by atoms with E-state index in [1.807, 2.05) is 13.8 Å². The molecular formula is C22H23NO4. The minimum absolute atomic E-state index is 0.0144. The summed E-state index contributed by atoms with van der Waals surface area (Å²) in [5.74, 6) is -1.43. The molecule has 1 heterocycles. The lowest BCUT2D eigenvalue weighted by Crippen LogP contribution is -2.33. The summed E-state index contributed by atoms with van der Waals surface area (Å²) in [7, 11) is 0. The maximum absolute atomic E-state index is 13.1. The SMILES string of the molecule is CC(C)=C1[C@H]2C=C[C@H]1[C@H]1C(=O)N(c3cccc(C(=O)OC(C)C)c3)C(=O)[C@@H]12. The van der Waals surface area contributed by atoms with Crippen molar-refractivity contribution in [2.24, 2.45) is 23.7 Å². The number of nitrogens with zero attached hydrogens (tertiary/aromatic N) is 1. The number of fused-ring (bicyclic) bond motifs is 5. The van der Waals surface area contributed by atoms with Gasteiger partial charge in [-0.05, 0) is 45.9 Å². The molecular weight excluding hydrogens is 342 g/mol. The molecule has 1 aromatic carbocycles. The van der Waals surface area contributed by atoms with E-state index >= 15 is 0 Å². The van der Waals surface area contributed by atoms with Crippen LogP contribution < -0.4 is 4.90 Å². The summed E-state index contributed by atoms with van der Waals surface area (Å²) in [5, 5.41) is 0. The van der Waals surface area contributed by atoms with Gasteiger partial charge in [0.05, 0.1) is 29.2 Å². The van der Waals surface area contributed by atoms with Crippen LogP contribution >= 0.6 is 0 Å². The van der Waals surface area contributed by atoms with Gasteiger partial charge >= 0.3 is 5.97 Å². The van der Waals surface area contributed by atoms with Gasteiger partial charge in [0.25, 0.3) is 0 Å². The van der Waals surface area contributed by atoms with Gasteiger partial charge in [0.2, 0.25) is 11.8 Å². The van der Waals surface area contributed by atoms with Crippen LogP contribution in [0, 0.1) is 23.7 Å². The van der Waals surface area contributed by atoms with Gasteiger partial charge in [-0.1, -0.05) is 29.4 Å². The topological polar surface area (TPSA) is 63.7 Å². The highest BCUT2D eigenvalue weighted by Crippen LogP contribution is 2.57. The Morgan fingerprint density at radius 3 is 2.15 bits per heavy atom.